The van der Waals surface area contributed by atoms with Crippen LogP contribution in [0.2, 0.25) is 0 Å². The zero-order valence-corrected chi connectivity index (χ0v) is 16.5. The van der Waals surface area contributed by atoms with Crippen LogP contribution in [0.15, 0.2) is 85.2 Å². The minimum Gasteiger partial charge on any atom is -0.318 e. The van der Waals surface area contributed by atoms with Gasteiger partial charge in [0.2, 0.25) is 0 Å². The summed E-state index contributed by atoms with van der Waals surface area (Å²) >= 11 is 0. The van der Waals surface area contributed by atoms with E-state index in [9.17, 15) is 18.0 Å². The van der Waals surface area contributed by atoms with Gasteiger partial charge >= 0.3 is 0 Å². The van der Waals surface area contributed by atoms with Crippen LogP contribution in [0.5, 0.6) is 0 Å². The maximum absolute atomic E-state index is 13.8. The molecule has 3 aromatic heterocycles. The van der Waals surface area contributed by atoms with Crippen molar-refractivity contribution in [2.75, 3.05) is 5.32 Å². The molecule has 5 aromatic rings. The van der Waals surface area contributed by atoms with Gasteiger partial charge in [-0.1, -0.05) is 18.2 Å². The molecule has 0 spiro atoms. The van der Waals surface area contributed by atoms with E-state index >= 15 is 0 Å². The molecule has 2 aromatic carbocycles. The van der Waals surface area contributed by atoms with E-state index in [-0.39, 0.29) is 17.2 Å². The molecule has 0 bridgehead atoms. The van der Waals surface area contributed by atoms with Crippen molar-refractivity contribution in [1.29, 1.82) is 0 Å². The molecule has 1 N–H and O–H groups in total. The van der Waals surface area contributed by atoms with Crippen LogP contribution < -0.4 is 5.32 Å². The van der Waals surface area contributed by atoms with Crippen LogP contribution in [-0.2, 0) is 0 Å². The Kier molecular flexibility index (Phi) is 4.74. The number of hydrogen-bond acceptors (Lipinski definition) is 2. The molecule has 5 nitrogen and oxygen atoms in total. The lowest BCUT2D eigenvalue weighted by Gasteiger charge is -2.07. The van der Waals surface area contributed by atoms with Crippen molar-refractivity contribution in [2.45, 2.75) is 0 Å². The van der Waals surface area contributed by atoms with Crippen LogP contribution in [0.25, 0.3) is 22.5 Å². The monoisotopic (exact) mass is 432 g/mol. The molecule has 1 amide bonds. The molecule has 3 heterocycles. The van der Waals surface area contributed by atoms with Gasteiger partial charge in [-0.25, -0.2) is 17.9 Å². The molecule has 0 unspecified atom stereocenters. The highest BCUT2D eigenvalue weighted by molar-refractivity contribution is 6.02. The van der Waals surface area contributed by atoms with E-state index in [2.05, 4.69) is 10.4 Å². The highest BCUT2D eigenvalue weighted by Gasteiger charge is 2.15. The van der Waals surface area contributed by atoms with Gasteiger partial charge in [-0.2, -0.15) is 5.10 Å². The number of fused-ring (bicyclic) bond motifs is 1. The summed E-state index contributed by atoms with van der Waals surface area (Å²) in [5, 5.41) is 6.69. The van der Waals surface area contributed by atoms with Crippen molar-refractivity contribution in [3.05, 3.63) is 108 Å². The van der Waals surface area contributed by atoms with Crippen LogP contribution in [0.1, 0.15) is 10.5 Å². The number of aromatic nitrogens is 3. The van der Waals surface area contributed by atoms with Crippen molar-refractivity contribution >= 4 is 17.1 Å². The average Bonchev–Trinajstić information content (AvgIpc) is 3.43. The van der Waals surface area contributed by atoms with Crippen LogP contribution in [0.3, 0.4) is 0 Å². The molecule has 0 aliphatic rings. The molecule has 0 saturated carbocycles. The molecule has 32 heavy (non-hydrogen) atoms. The molecule has 5 rings (SSSR count). The first-order chi connectivity index (χ1) is 15.5. The van der Waals surface area contributed by atoms with Crippen molar-refractivity contribution in [1.82, 2.24) is 14.2 Å². The van der Waals surface area contributed by atoms with Crippen molar-refractivity contribution in [3.8, 4) is 16.9 Å². The standard InChI is InChI=1S/C24H15F3N4O/c25-17-4-1-15(2-5-17)16-3-7-19-8-10-23(30(19)14-16)31-12-11-22(29-31)24(32)28-21-9-6-18(26)13-20(21)27/h1-14H,(H,28,32). The van der Waals surface area contributed by atoms with E-state index in [4.69, 9.17) is 0 Å². The van der Waals surface area contributed by atoms with Gasteiger partial charge in [-0.05, 0) is 59.7 Å². The van der Waals surface area contributed by atoms with Gasteiger partial charge in [0.1, 0.15) is 23.3 Å². The lowest BCUT2D eigenvalue weighted by molar-refractivity contribution is 0.102. The van der Waals surface area contributed by atoms with Crippen LogP contribution in [-0.4, -0.2) is 20.1 Å². The second-order valence-corrected chi connectivity index (χ2v) is 7.13. The average molecular weight is 432 g/mol. The number of anilines is 1. The Labute approximate surface area is 180 Å². The number of nitrogens with zero attached hydrogens (tertiary/aromatic N) is 3. The third-order valence-corrected chi connectivity index (χ3v) is 5.04. The van der Waals surface area contributed by atoms with Crippen molar-refractivity contribution < 1.29 is 18.0 Å². The summed E-state index contributed by atoms with van der Waals surface area (Å²) in [4.78, 5) is 12.5. The zero-order valence-electron chi connectivity index (χ0n) is 16.5. The number of amides is 1. The van der Waals surface area contributed by atoms with Gasteiger partial charge in [0, 0.05) is 24.0 Å². The van der Waals surface area contributed by atoms with E-state index in [1.807, 2.05) is 34.9 Å². The fourth-order valence-electron chi connectivity index (χ4n) is 3.44. The number of rotatable bonds is 4. The summed E-state index contributed by atoms with van der Waals surface area (Å²) in [6.07, 6.45) is 3.51. The summed E-state index contributed by atoms with van der Waals surface area (Å²) in [7, 11) is 0. The normalized spacial score (nSPS) is 11.1. The lowest BCUT2D eigenvalue weighted by Crippen LogP contribution is -2.14. The van der Waals surface area contributed by atoms with Crippen molar-refractivity contribution in [2.24, 2.45) is 0 Å². The summed E-state index contributed by atoms with van der Waals surface area (Å²) in [6.45, 7) is 0. The SMILES string of the molecule is O=C(Nc1ccc(F)cc1F)c1ccn(-c2ccc3ccc(-c4ccc(F)cc4)cn23)n1. The minimum atomic E-state index is -0.872. The number of pyridine rings is 1. The maximum Gasteiger partial charge on any atom is 0.276 e. The van der Waals surface area contributed by atoms with Crippen LogP contribution >= 0.6 is 0 Å². The third-order valence-electron chi connectivity index (χ3n) is 5.04. The van der Waals surface area contributed by atoms with Gasteiger partial charge in [0.15, 0.2) is 5.69 Å². The number of carbonyl (C=O) groups is 1. The van der Waals surface area contributed by atoms with Crippen LogP contribution in [0, 0.1) is 17.5 Å². The number of carbonyl (C=O) groups excluding carboxylic acids is 1. The van der Waals surface area contributed by atoms with Gasteiger partial charge in [-0.3, -0.25) is 4.79 Å². The molecule has 0 radical (unpaired) electrons. The summed E-state index contributed by atoms with van der Waals surface area (Å²) in [5.41, 5.74) is 2.57. The van der Waals surface area contributed by atoms with Crippen LogP contribution in [0.4, 0.5) is 18.9 Å². The second kappa shape index (κ2) is 7.73. The number of nitrogens with one attached hydrogen (secondary N) is 1. The predicted molar refractivity (Wildman–Crippen MR) is 114 cm³/mol. The lowest BCUT2D eigenvalue weighted by atomic mass is 10.1. The van der Waals surface area contributed by atoms with Gasteiger partial charge in [0.25, 0.3) is 5.91 Å². The summed E-state index contributed by atoms with van der Waals surface area (Å²) in [6, 6.07) is 18.2. The molecule has 0 aliphatic carbocycles. The Balaban J connectivity index is 1.45. The molecule has 158 valence electrons. The molecular formula is C24H15F3N4O. The largest absolute Gasteiger partial charge is 0.318 e. The first kappa shape index (κ1) is 19.6. The first-order valence-corrected chi connectivity index (χ1v) is 9.67. The smallest absolute Gasteiger partial charge is 0.276 e. The van der Waals surface area contributed by atoms with Gasteiger partial charge in [-0.15, -0.1) is 0 Å². The topological polar surface area (TPSA) is 51.3 Å². The molecule has 0 atom stereocenters. The summed E-state index contributed by atoms with van der Waals surface area (Å²) in [5.74, 6) is -1.86. The van der Waals surface area contributed by atoms with E-state index < -0.39 is 17.5 Å². The number of halogens is 3. The fraction of sp³-hybridized carbons (Fsp3) is 0. The molecule has 0 saturated heterocycles. The van der Waals surface area contributed by atoms with Gasteiger partial charge in [0.05, 0.1) is 5.69 Å². The Morgan fingerprint density at radius 1 is 0.812 bits per heavy atom. The molecule has 0 aliphatic heterocycles. The Hall–Kier alpha value is -4.33. The van der Waals surface area contributed by atoms with E-state index in [0.717, 1.165) is 28.8 Å². The number of hydrogen-bond donors (Lipinski definition) is 1. The Bertz CT molecular complexity index is 1450. The molecular weight excluding hydrogens is 417 g/mol. The minimum absolute atomic E-state index is 0.0679. The van der Waals surface area contributed by atoms with Crippen molar-refractivity contribution in [3.63, 3.8) is 0 Å². The number of benzene rings is 2. The fourth-order valence-corrected chi connectivity index (χ4v) is 3.44. The highest BCUT2D eigenvalue weighted by Crippen LogP contribution is 2.23. The van der Waals surface area contributed by atoms with E-state index in [1.54, 1.807) is 18.3 Å². The first-order valence-electron chi connectivity index (χ1n) is 9.67. The molecule has 8 heteroatoms. The quantitative estimate of drug-likeness (QED) is 0.410. The maximum atomic E-state index is 13.8. The molecule has 0 fully saturated rings. The van der Waals surface area contributed by atoms with E-state index in [0.29, 0.717) is 11.9 Å². The Morgan fingerprint density at radius 2 is 1.53 bits per heavy atom. The van der Waals surface area contributed by atoms with E-state index in [1.165, 1.54) is 22.9 Å². The van der Waals surface area contributed by atoms with Gasteiger partial charge < -0.3 is 9.72 Å². The third kappa shape index (κ3) is 3.62. The summed E-state index contributed by atoms with van der Waals surface area (Å²) < 4.78 is 43.6. The second-order valence-electron chi connectivity index (χ2n) is 7.13. The highest BCUT2D eigenvalue weighted by atomic mass is 19.1. The Morgan fingerprint density at radius 3 is 2.31 bits per heavy atom. The predicted octanol–water partition coefficient (Wildman–Crippen LogP) is 5.46. The zero-order chi connectivity index (χ0) is 22.2.